The predicted octanol–water partition coefficient (Wildman–Crippen LogP) is 1.43. The molecule has 0 radical (unpaired) electrons. The summed E-state index contributed by atoms with van der Waals surface area (Å²) in [5.74, 6) is 0.504. The smallest absolute Gasteiger partial charge is 0.226 e. The minimum Gasteiger partial charge on any atom is -0.338 e. The maximum atomic E-state index is 12.4. The van der Waals surface area contributed by atoms with Crippen molar-refractivity contribution in [2.75, 3.05) is 19.6 Å². The molecule has 2 heterocycles. The highest BCUT2D eigenvalue weighted by Gasteiger charge is 2.24. The zero-order chi connectivity index (χ0) is 12.8. The van der Waals surface area contributed by atoms with Crippen molar-refractivity contribution in [2.24, 2.45) is 5.92 Å². The lowest BCUT2D eigenvalue weighted by Crippen LogP contribution is -2.40. The average Bonchev–Trinajstić information content (AvgIpc) is 2.46. The Morgan fingerprint density at radius 2 is 2.06 bits per heavy atom. The summed E-state index contributed by atoms with van der Waals surface area (Å²) in [6, 6.07) is 3.94. The molecule has 1 N–H and O–H groups in total. The van der Waals surface area contributed by atoms with Gasteiger partial charge in [-0.1, -0.05) is 0 Å². The molecule has 0 saturated carbocycles. The average molecular weight is 247 g/mol. The van der Waals surface area contributed by atoms with E-state index in [9.17, 15) is 4.79 Å². The third-order valence-corrected chi connectivity index (χ3v) is 3.50. The number of carbonyl (C=O) groups is 1. The highest BCUT2D eigenvalue weighted by molar-refractivity contribution is 5.79. The van der Waals surface area contributed by atoms with Gasteiger partial charge in [-0.15, -0.1) is 0 Å². The molecule has 0 bridgehead atoms. The Bertz CT molecular complexity index is 374. The van der Waals surface area contributed by atoms with Gasteiger partial charge in [0.15, 0.2) is 0 Å². The van der Waals surface area contributed by atoms with Crippen molar-refractivity contribution >= 4 is 5.91 Å². The van der Waals surface area contributed by atoms with Crippen LogP contribution >= 0.6 is 0 Å². The van der Waals surface area contributed by atoms with Crippen LogP contribution in [0.1, 0.15) is 25.3 Å². The molecule has 1 aliphatic heterocycles. The molecule has 0 unspecified atom stereocenters. The van der Waals surface area contributed by atoms with Crippen LogP contribution in [0, 0.1) is 5.92 Å². The molecule has 4 nitrogen and oxygen atoms in total. The minimum atomic E-state index is 0.202. The summed E-state index contributed by atoms with van der Waals surface area (Å²) in [5, 5.41) is 3.30. The SMILES string of the molecule is CCN(Cc1ccncc1)C(=O)C1CCNCC1. The Labute approximate surface area is 108 Å². The van der Waals surface area contributed by atoms with Gasteiger partial charge >= 0.3 is 0 Å². The minimum absolute atomic E-state index is 0.202. The highest BCUT2D eigenvalue weighted by Crippen LogP contribution is 2.16. The van der Waals surface area contributed by atoms with Crippen molar-refractivity contribution in [1.82, 2.24) is 15.2 Å². The summed E-state index contributed by atoms with van der Waals surface area (Å²) < 4.78 is 0. The molecule has 0 atom stereocenters. The van der Waals surface area contributed by atoms with Crippen molar-refractivity contribution in [3.8, 4) is 0 Å². The van der Waals surface area contributed by atoms with E-state index in [0.717, 1.165) is 38.0 Å². The zero-order valence-corrected chi connectivity index (χ0v) is 10.9. The highest BCUT2D eigenvalue weighted by atomic mass is 16.2. The Balaban J connectivity index is 1.97. The van der Waals surface area contributed by atoms with Gasteiger partial charge in [-0.3, -0.25) is 9.78 Å². The summed E-state index contributed by atoms with van der Waals surface area (Å²) >= 11 is 0. The number of amides is 1. The third-order valence-electron chi connectivity index (χ3n) is 3.50. The van der Waals surface area contributed by atoms with E-state index >= 15 is 0 Å². The molecular weight excluding hydrogens is 226 g/mol. The summed E-state index contributed by atoms with van der Waals surface area (Å²) in [5.41, 5.74) is 1.15. The molecule has 98 valence electrons. The molecule has 1 aromatic rings. The maximum absolute atomic E-state index is 12.4. The van der Waals surface area contributed by atoms with Crippen molar-refractivity contribution in [3.63, 3.8) is 0 Å². The molecule has 1 saturated heterocycles. The van der Waals surface area contributed by atoms with Gasteiger partial charge in [0.1, 0.15) is 0 Å². The molecule has 1 fully saturated rings. The molecule has 18 heavy (non-hydrogen) atoms. The summed E-state index contributed by atoms with van der Waals surface area (Å²) in [4.78, 5) is 18.4. The Hall–Kier alpha value is -1.42. The first-order valence-corrected chi connectivity index (χ1v) is 6.69. The van der Waals surface area contributed by atoms with Crippen molar-refractivity contribution < 1.29 is 4.79 Å². The van der Waals surface area contributed by atoms with E-state index in [1.165, 1.54) is 0 Å². The second-order valence-electron chi connectivity index (χ2n) is 4.73. The van der Waals surface area contributed by atoms with Gasteiger partial charge in [-0.25, -0.2) is 0 Å². The van der Waals surface area contributed by atoms with Crippen molar-refractivity contribution in [3.05, 3.63) is 30.1 Å². The second kappa shape index (κ2) is 6.50. The first kappa shape index (κ1) is 13.0. The number of piperidine rings is 1. The molecule has 1 aliphatic rings. The Morgan fingerprint density at radius 3 is 2.67 bits per heavy atom. The fourth-order valence-electron chi connectivity index (χ4n) is 2.38. The van der Waals surface area contributed by atoms with E-state index in [2.05, 4.69) is 10.3 Å². The monoisotopic (exact) mass is 247 g/mol. The lowest BCUT2D eigenvalue weighted by atomic mass is 9.96. The molecule has 4 heteroatoms. The van der Waals surface area contributed by atoms with E-state index in [1.54, 1.807) is 12.4 Å². The topological polar surface area (TPSA) is 45.2 Å². The lowest BCUT2D eigenvalue weighted by molar-refractivity contribution is -0.136. The van der Waals surface area contributed by atoms with Crippen LogP contribution in [0.2, 0.25) is 0 Å². The number of nitrogens with zero attached hydrogens (tertiary/aromatic N) is 2. The number of nitrogens with one attached hydrogen (secondary N) is 1. The van der Waals surface area contributed by atoms with Crippen LogP contribution in [0.4, 0.5) is 0 Å². The summed E-state index contributed by atoms with van der Waals surface area (Å²) in [6.07, 6.45) is 5.48. The van der Waals surface area contributed by atoms with E-state index in [-0.39, 0.29) is 5.92 Å². The number of aromatic nitrogens is 1. The molecule has 0 spiro atoms. The van der Waals surface area contributed by atoms with Gasteiger partial charge in [0, 0.05) is 31.4 Å². The Morgan fingerprint density at radius 1 is 1.39 bits per heavy atom. The number of pyridine rings is 1. The molecule has 1 amide bonds. The second-order valence-corrected chi connectivity index (χ2v) is 4.73. The van der Waals surface area contributed by atoms with Crippen LogP contribution in [0.3, 0.4) is 0 Å². The quantitative estimate of drug-likeness (QED) is 0.875. The zero-order valence-electron chi connectivity index (χ0n) is 10.9. The molecule has 0 aliphatic carbocycles. The van der Waals surface area contributed by atoms with Crippen LogP contribution in [0.5, 0.6) is 0 Å². The van der Waals surface area contributed by atoms with Crippen LogP contribution < -0.4 is 5.32 Å². The van der Waals surface area contributed by atoms with Crippen molar-refractivity contribution in [2.45, 2.75) is 26.3 Å². The fraction of sp³-hybridized carbons (Fsp3) is 0.571. The molecular formula is C14H21N3O. The number of rotatable bonds is 4. The fourth-order valence-corrected chi connectivity index (χ4v) is 2.38. The van der Waals surface area contributed by atoms with E-state index in [4.69, 9.17) is 0 Å². The maximum Gasteiger partial charge on any atom is 0.226 e. The normalized spacial score (nSPS) is 16.5. The van der Waals surface area contributed by atoms with Crippen LogP contribution in [0.25, 0.3) is 0 Å². The van der Waals surface area contributed by atoms with Crippen molar-refractivity contribution in [1.29, 1.82) is 0 Å². The van der Waals surface area contributed by atoms with Crippen LogP contribution in [-0.2, 0) is 11.3 Å². The molecule has 0 aromatic carbocycles. The van der Waals surface area contributed by atoms with E-state index < -0.39 is 0 Å². The Kier molecular flexibility index (Phi) is 4.70. The molecule has 2 rings (SSSR count). The number of hydrogen-bond donors (Lipinski definition) is 1. The van der Waals surface area contributed by atoms with Gasteiger partial charge in [0.05, 0.1) is 0 Å². The van der Waals surface area contributed by atoms with Crippen LogP contribution in [0.15, 0.2) is 24.5 Å². The first-order valence-electron chi connectivity index (χ1n) is 6.69. The first-order chi connectivity index (χ1) is 8.81. The van der Waals surface area contributed by atoms with Gasteiger partial charge < -0.3 is 10.2 Å². The predicted molar refractivity (Wildman–Crippen MR) is 70.9 cm³/mol. The standard InChI is InChI=1S/C14H21N3O/c1-2-17(11-12-3-7-15-8-4-12)14(18)13-5-9-16-10-6-13/h3-4,7-8,13,16H,2,5-6,9-11H2,1H3. The number of carbonyl (C=O) groups excluding carboxylic acids is 1. The van der Waals surface area contributed by atoms with Crippen LogP contribution in [-0.4, -0.2) is 35.4 Å². The van der Waals surface area contributed by atoms with Gasteiger partial charge in [-0.2, -0.15) is 0 Å². The summed E-state index contributed by atoms with van der Waals surface area (Å²) in [6.45, 7) is 5.43. The number of hydrogen-bond acceptors (Lipinski definition) is 3. The summed E-state index contributed by atoms with van der Waals surface area (Å²) in [7, 11) is 0. The lowest BCUT2D eigenvalue weighted by Gasteiger charge is -2.29. The van der Waals surface area contributed by atoms with Gasteiger partial charge in [-0.05, 0) is 50.6 Å². The largest absolute Gasteiger partial charge is 0.338 e. The molecule has 1 aromatic heterocycles. The van der Waals surface area contributed by atoms with Gasteiger partial charge in [0.2, 0.25) is 5.91 Å². The third kappa shape index (κ3) is 3.29. The van der Waals surface area contributed by atoms with E-state index in [1.807, 2.05) is 24.0 Å². The van der Waals surface area contributed by atoms with Gasteiger partial charge in [0.25, 0.3) is 0 Å². The van der Waals surface area contributed by atoms with E-state index in [0.29, 0.717) is 12.5 Å².